The van der Waals surface area contributed by atoms with E-state index in [1.165, 1.54) is 37.6 Å². The van der Waals surface area contributed by atoms with Crippen LogP contribution in [0.5, 0.6) is 11.5 Å². The van der Waals surface area contributed by atoms with E-state index in [2.05, 4.69) is 40.5 Å². The van der Waals surface area contributed by atoms with Crippen LogP contribution < -0.4 is 10.9 Å². The van der Waals surface area contributed by atoms with Crippen LogP contribution in [0.2, 0.25) is 0 Å². The molecule has 384 valence electrons. The molecule has 1 spiro atoms. The van der Waals surface area contributed by atoms with Gasteiger partial charge in [-0.15, -0.1) is 0 Å². The summed E-state index contributed by atoms with van der Waals surface area (Å²) in [6.45, 7) is 11.9. The molecule has 2 aliphatic carbocycles. The van der Waals surface area contributed by atoms with E-state index in [0.717, 1.165) is 69.6 Å². The lowest BCUT2D eigenvalue weighted by Gasteiger charge is -2.59. The molecule has 16 heteroatoms. The van der Waals surface area contributed by atoms with Gasteiger partial charge >= 0.3 is 6.09 Å². The van der Waals surface area contributed by atoms with Gasteiger partial charge in [0.2, 0.25) is 0 Å². The third-order valence-electron chi connectivity index (χ3n) is 16.1. The Kier molecular flexibility index (Phi) is 13.4. The van der Waals surface area contributed by atoms with Crippen molar-refractivity contribution in [3.63, 3.8) is 0 Å². The maximum atomic E-state index is 15.4. The number of halogens is 1. The van der Waals surface area contributed by atoms with Crippen LogP contribution >= 0.6 is 21.6 Å². The molecule has 2 unspecified atom stereocenters. The van der Waals surface area contributed by atoms with Gasteiger partial charge in [0, 0.05) is 84.5 Å². The van der Waals surface area contributed by atoms with Crippen molar-refractivity contribution in [2.75, 3.05) is 20.2 Å². The summed E-state index contributed by atoms with van der Waals surface area (Å²) in [4.78, 5) is 63.7. The first kappa shape index (κ1) is 50.0. The molecular weight excluding hydrogens is 978 g/mol. The van der Waals surface area contributed by atoms with Crippen LogP contribution in [0.1, 0.15) is 136 Å². The van der Waals surface area contributed by atoms with Crippen LogP contribution in [0, 0.1) is 18.2 Å². The number of phenols is 2. The number of hydrogen-bond acceptors (Lipinski definition) is 12. The van der Waals surface area contributed by atoms with Crippen LogP contribution in [-0.2, 0) is 60.1 Å². The van der Waals surface area contributed by atoms with Crippen LogP contribution in [0.15, 0.2) is 76.4 Å². The van der Waals surface area contributed by atoms with Gasteiger partial charge in [-0.05, 0) is 125 Å². The Morgan fingerprint density at radius 1 is 0.946 bits per heavy atom. The third kappa shape index (κ3) is 9.04. The summed E-state index contributed by atoms with van der Waals surface area (Å²) in [6, 6.07) is 20.3. The predicted molar refractivity (Wildman–Crippen MR) is 284 cm³/mol. The van der Waals surface area contributed by atoms with Crippen molar-refractivity contribution in [2.24, 2.45) is 5.41 Å². The number of rotatable bonds is 15. The Morgan fingerprint density at radius 3 is 2.43 bits per heavy atom. The van der Waals surface area contributed by atoms with E-state index in [-0.39, 0.29) is 60.0 Å². The van der Waals surface area contributed by atoms with Gasteiger partial charge < -0.3 is 39.3 Å². The number of likely N-dealkylation sites (tertiary alicyclic amines) is 1. The lowest BCUT2D eigenvalue weighted by Crippen LogP contribution is -2.62. The number of nitrogens with one attached hydrogen (secondary N) is 1. The summed E-state index contributed by atoms with van der Waals surface area (Å²) >= 11 is 0. The molecule has 0 bridgehead atoms. The largest absolute Gasteiger partial charge is 0.508 e. The molecule has 2 fully saturated rings. The number of fused-ring (bicyclic) bond motifs is 5. The van der Waals surface area contributed by atoms with Crippen molar-refractivity contribution >= 4 is 50.8 Å². The minimum absolute atomic E-state index is 0.00321. The summed E-state index contributed by atoms with van der Waals surface area (Å²) < 4.78 is 28.3. The van der Waals surface area contributed by atoms with Gasteiger partial charge in [0.1, 0.15) is 30.2 Å². The molecule has 13 nitrogen and oxygen atoms in total. The number of nitrogens with zero attached hydrogens (tertiary/aromatic N) is 4. The van der Waals surface area contributed by atoms with Gasteiger partial charge in [-0.1, -0.05) is 72.7 Å². The Morgan fingerprint density at radius 2 is 1.70 bits per heavy atom. The topological polar surface area (TPSA) is 164 Å². The lowest BCUT2D eigenvalue weighted by atomic mass is 9.63. The number of pyridine rings is 2. The molecule has 3 aliphatic heterocycles. The number of benzene rings is 4. The Bertz CT molecular complexity index is 3330. The summed E-state index contributed by atoms with van der Waals surface area (Å²) in [5.41, 5.74) is 10.9. The second kappa shape index (κ2) is 19.8. The molecular formula is C58H60FN5O8S2. The van der Waals surface area contributed by atoms with Crippen LogP contribution in [-0.4, -0.2) is 73.3 Å². The summed E-state index contributed by atoms with van der Waals surface area (Å²) in [6.07, 6.45) is 4.20. The van der Waals surface area contributed by atoms with Gasteiger partial charge in [0.05, 0.1) is 41.7 Å². The zero-order valence-corrected chi connectivity index (χ0v) is 43.9. The molecule has 2 amide bonds. The van der Waals surface area contributed by atoms with Gasteiger partial charge in [0.15, 0.2) is 0 Å². The number of hydrogen-bond donors (Lipinski definition) is 3. The standard InChI is InChI=1S/C58H60FN5O8S2/c1-6-35(26-65)42-17-49-54-44(25-64(49)56(69)45(42)28-71-5)53-47(14-13-40-32(4)46(59)18-48(60-54)52(40)53)61-57(70)72-27-33-8-11-38(12-9-33)73-74-39-20-58(21-39)29-62(30-58)22-34-7-10-36-23-63(24-37(36)15-34)55(68)43-16-41(31(2)3)50(66)19-51(43)67/h7-12,15-19,26,31,35,39,47,66-67H,6,13-14,20-25,27-30H2,1-5H3,(H,61,70). The molecule has 3 N–H and O–H groups in total. The summed E-state index contributed by atoms with van der Waals surface area (Å²) in [5.74, 6) is -1.30. The lowest BCUT2D eigenvalue weighted by molar-refractivity contribution is -0.109. The fourth-order valence-corrected chi connectivity index (χ4v) is 15.0. The molecule has 74 heavy (non-hydrogen) atoms. The molecule has 1 saturated heterocycles. The van der Waals surface area contributed by atoms with E-state index in [0.29, 0.717) is 82.2 Å². The molecule has 4 aromatic carbocycles. The second-order valence-electron chi connectivity index (χ2n) is 21.3. The zero-order chi connectivity index (χ0) is 51.7. The number of aryl methyl sites for hydroxylation is 1. The van der Waals surface area contributed by atoms with Gasteiger partial charge in [0.25, 0.3) is 11.5 Å². The average molecular weight is 1040 g/mol. The minimum atomic E-state index is -0.574. The first-order valence-corrected chi connectivity index (χ1v) is 27.7. The number of ether oxygens (including phenoxy) is 2. The van der Waals surface area contributed by atoms with Gasteiger partial charge in [-0.2, -0.15) is 0 Å². The number of aromatic nitrogens is 2. The Hall–Kier alpha value is -6.20. The first-order valence-electron chi connectivity index (χ1n) is 25.5. The number of amides is 2. The molecule has 5 aliphatic rings. The van der Waals surface area contributed by atoms with Crippen molar-refractivity contribution in [3.05, 3.63) is 150 Å². The van der Waals surface area contributed by atoms with E-state index in [9.17, 15) is 29.4 Å². The molecule has 2 aromatic heterocycles. The first-order chi connectivity index (χ1) is 35.6. The minimum Gasteiger partial charge on any atom is -0.508 e. The van der Waals surface area contributed by atoms with Gasteiger partial charge in [-0.3, -0.25) is 14.5 Å². The average Bonchev–Trinajstić information content (AvgIpc) is 3.96. The quantitative estimate of drug-likeness (QED) is 0.0659. The highest BCUT2D eigenvalue weighted by Crippen LogP contribution is 2.56. The normalized spacial score (nSPS) is 17.7. The van der Waals surface area contributed by atoms with E-state index in [4.69, 9.17) is 14.5 Å². The second-order valence-corrected chi connectivity index (χ2v) is 23.9. The SMILES string of the molecule is CCC(C=O)c1cc2n(c(=O)c1COC)Cc1c-2nc2cc(F)c(C)c3c2c1C(NC(=O)OCc1ccc(SSC2CC4(C2)CN(Cc2ccc5c(c2)CN(C(=O)c2cc(C(C)C)c(O)cc2O)C5)C4)cc1)CC3. The molecule has 5 heterocycles. The maximum absolute atomic E-state index is 15.4. The van der Waals surface area contributed by atoms with E-state index < -0.39 is 18.1 Å². The van der Waals surface area contributed by atoms with Crippen LogP contribution in [0.3, 0.4) is 0 Å². The van der Waals surface area contributed by atoms with Crippen LogP contribution in [0.4, 0.5) is 9.18 Å². The summed E-state index contributed by atoms with van der Waals surface area (Å²) in [7, 11) is 5.22. The number of aromatic hydroxyl groups is 2. The molecule has 2 atom stereocenters. The van der Waals surface area contributed by atoms with E-state index >= 15 is 4.39 Å². The molecule has 0 radical (unpaired) electrons. The Balaban J connectivity index is 0.666. The Labute approximate surface area is 437 Å². The van der Waals surface area contributed by atoms with Gasteiger partial charge in [-0.25, -0.2) is 14.2 Å². The summed E-state index contributed by atoms with van der Waals surface area (Å²) in [5, 5.41) is 25.3. The third-order valence-corrected chi connectivity index (χ3v) is 18.9. The number of carbonyl (C=O) groups excluding carboxylic acids is 3. The number of aldehydes is 1. The highest BCUT2D eigenvalue weighted by molar-refractivity contribution is 8.77. The van der Waals surface area contributed by atoms with Crippen molar-refractivity contribution in [1.82, 2.24) is 24.7 Å². The number of phenolic OH excluding ortho intramolecular Hbond substituents is 2. The van der Waals surface area contributed by atoms with Crippen molar-refractivity contribution in [3.8, 4) is 22.9 Å². The maximum Gasteiger partial charge on any atom is 0.407 e. The molecule has 6 aromatic rings. The van der Waals surface area contributed by atoms with Crippen molar-refractivity contribution in [1.29, 1.82) is 0 Å². The number of carbonyl (C=O) groups is 3. The predicted octanol–water partition coefficient (Wildman–Crippen LogP) is 10.7. The highest BCUT2D eigenvalue weighted by atomic mass is 33.1. The number of alkyl carbamates (subject to hydrolysis) is 1. The molecule has 11 rings (SSSR count). The number of methoxy groups -OCH3 is 1. The highest BCUT2D eigenvalue weighted by Gasteiger charge is 2.52. The van der Waals surface area contributed by atoms with E-state index in [1.807, 2.05) is 49.8 Å². The smallest absolute Gasteiger partial charge is 0.407 e. The monoisotopic (exact) mass is 1040 g/mol. The zero-order valence-electron chi connectivity index (χ0n) is 42.3. The van der Waals surface area contributed by atoms with Crippen molar-refractivity contribution < 1.29 is 38.5 Å². The van der Waals surface area contributed by atoms with Crippen LogP contribution in [0.25, 0.3) is 22.3 Å². The van der Waals surface area contributed by atoms with E-state index in [1.54, 1.807) is 33.3 Å². The fourth-order valence-electron chi connectivity index (χ4n) is 12.2. The van der Waals surface area contributed by atoms with Crippen molar-refractivity contribution in [2.45, 2.75) is 127 Å². The molecule has 1 saturated carbocycles. The fraction of sp³-hybridized carbons (Fsp3) is 0.397.